The summed E-state index contributed by atoms with van der Waals surface area (Å²) in [6.45, 7) is 2.94. The maximum atomic E-state index is 8.98. The van der Waals surface area contributed by atoms with Crippen molar-refractivity contribution >= 4 is 10.9 Å². The molecule has 0 amide bonds. The number of benzene rings is 2. The van der Waals surface area contributed by atoms with Gasteiger partial charge in [-0.3, -0.25) is 9.67 Å². The first kappa shape index (κ1) is 16.5. The quantitative estimate of drug-likeness (QED) is 0.582. The van der Waals surface area contributed by atoms with Crippen LogP contribution >= 0.6 is 0 Å². The van der Waals surface area contributed by atoms with Crippen molar-refractivity contribution in [1.29, 1.82) is 0 Å². The minimum atomic E-state index is 0.180. The molecule has 4 nitrogen and oxygen atoms in total. The van der Waals surface area contributed by atoms with E-state index in [0.717, 1.165) is 40.0 Å². The second kappa shape index (κ2) is 7.10. The summed E-state index contributed by atoms with van der Waals surface area (Å²) in [6.07, 6.45) is 2.67. The molecule has 0 spiro atoms. The Morgan fingerprint density at radius 3 is 2.69 bits per heavy atom. The minimum Gasteiger partial charge on any atom is -0.396 e. The van der Waals surface area contributed by atoms with Crippen LogP contribution in [0.15, 0.2) is 66.9 Å². The molecule has 2 aromatic heterocycles. The molecule has 1 N–H and O–H groups in total. The zero-order valence-corrected chi connectivity index (χ0v) is 14.8. The van der Waals surface area contributed by atoms with Crippen LogP contribution in [-0.4, -0.2) is 26.5 Å². The van der Waals surface area contributed by atoms with Crippen molar-refractivity contribution < 1.29 is 5.11 Å². The number of aliphatic hydroxyl groups is 1. The van der Waals surface area contributed by atoms with E-state index in [4.69, 9.17) is 5.11 Å². The lowest BCUT2D eigenvalue weighted by Crippen LogP contribution is -2.00. The van der Waals surface area contributed by atoms with Gasteiger partial charge >= 0.3 is 0 Å². The van der Waals surface area contributed by atoms with Crippen molar-refractivity contribution in [2.75, 3.05) is 6.61 Å². The molecule has 0 unspecified atom stereocenters. The summed E-state index contributed by atoms with van der Waals surface area (Å²) in [6, 6.07) is 20.9. The fraction of sp³-hybridized carbons (Fsp3) is 0.182. The van der Waals surface area contributed by atoms with Gasteiger partial charge in [-0.15, -0.1) is 0 Å². The number of rotatable bonds is 5. The van der Waals surface area contributed by atoms with Crippen molar-refractivity contribution in [2.24, 2.45) is 0 Å². The Hall–Kier alpha value is -2.98. The van der Waals surface area contributed by atoms with E-state index in [9.17, 15) is 0 Å². The molecular weight excluding hydrogens is 322 g/mol. The second-order valence-corrected chi connectivity index (χ2v) is 6.45. The van der Waals surface area contributed by atoms with Gasteiger partial charge in [0, 0.05) is 36.0 Å². The van der Waals surface area contributed by atoms with Gasteiger partial charge in [-0.1, -0.05) is 36.4 Å². The molecule has 0 saturated carbocycles. The average molecular weight is 343 g/mol. The molecule has 4 rings (SSSR count). The molecule has 2 aromatic carbocycles. The number of fused-ring (bicyclic) bond motifs is 1. The third kappa shape index (κ3) is 3.24. The summed E-state index contributed by atoms with van der Waals surface area (Å²) < 4.78 is 1.88. The van der Waals surface area contributed by atoms with Gasteiger partial charge in [0.2, 0.25) is 0 Å². The fourth-order valence-corrected chi connectivity index (χ4v) is 3.27. The molecule has 4 aromatic rings. The second-order valence-electron chi connectivity index (χ2n) is 6.45. The van der Waals surface area contributed by atoms with Crippen LogP contribution in [0.25, 0.3) is 33.3 Å². The zero-order chi connectivity index (χ0) is 17.9. The molecule has 2 heterocycles. The van der Waals surface area contributed by atoms with Crippen LogP contribution in [0.3, 0.4) is 0 Å². The normalized spacial score (nSPS) is 11.2. The van der Waals surface area contributed by atoms with Crippen molar-refractivity contribution in [3.63, 3.8) is 0 Å². The zero-order valence-electron chi connectivity index (χ0n) is 14.8. The van der Waals surface area contributed by atoms with Crippen LogP contribution in [0.2, 0.25) is 0 Å². The van der Waals surface area contributed by atoms with Gasteiger partial charge in [-0.25, -0.2) is 0 Å². The monoisotopic (exact) mass is 343 g/mol. The number of para-hydroxylation sites is 1. The largest absolute Gasteiger partial charge is 0.396 e. The van der Waals surface area contributed by atoms with Gasteiger partial charge in [0.05, 0.1) is 11.2 Å². The molecule has 26 heavy (non-hydrogen) atoms. The Kier molecular flexibility index (Phi) is 4.50. The van der Waals surface area contributed by atoms with E-state index in [2.05, 4.69) is 58.6 Å². The summed E-state index contributed by atoms with van der Waals surface area (Å²) in [4.78, 5) is 4.64. The van der Waals surface area contributed by atoms with E-state index in [-0.39, 0.29) is 6.61 Å². The van der Waals surface area contributed by atoms with Crippen molar-refractivity contribution in [3.8, 4) is 22.4 Å². The van der Waals surface area contributed by atoms with Crippen molar-refractivity contribution in [2.45, 2.75) is 19.9 Å². The highest BCUT2D eigenvalue weighted by molar-refractivity contribution is 5.95. The summed E-state index contributed by atoms with van der Waals surface area (Å²) in [7, 11) is 0. The molecule has 0 aliphatic rings. The minimum absolute atomic E-state index is 0.180. The molecular formula is C22H21N3O. The van der Waals surface area contributed by atoms with Gasteiger partial charge in [-0.05, 0) is 48.7 Å². The van der Waals surface area contributed by atoms with E-state index in [1.165, 1.54) is 5.56 Å². The van der Waals surface area contributed by atoms with E-state index < -0.39 is 0 Å². The molecule has 0 aliphatic heterocycles. The standard InChI is InChI=1S/C22H21N3O/c1-16-14-20(19-8-2-3-9-22(19)23-16)17-6-4-7-18(15-17)21-10-12-25(24-21)11-5-13-26/h2-4,6-10,12,14-15,26H,5,11,13H2,1H3. The lowest BCUT2D eigenvalue weighted by Gasteiger charge is -2.09. The Balaban J connectivity index is 1.76. The average Bonchev–Trinajstić information content (AvgIpc) is 3.15. The number of aryl methyl sites for hydroxylation is 2. The van der Waals surface area contributed by atoms with Gasteiger partial charge < -0.3 is 5.11 Å². The third-order valence-corrected chi connectivity index (χ3v) is 4.50. The number of pyridine rings is 1. The third-order valence-electron chi connectivity index (χ3n) is 4.50. The van der Waals surface area contributed by atoms with Crippen LogP contribution < -0.4 is 0 Å². The molecule has 0 atom stereocenters. The maximum Gasteiger partial charge on any atom is 0.0923 e. The number of aliphatic hydroxyl groups excluding tert-OH is 1. The van der Waals surface area contributed by atoms with Crippen LogP contribution in [0.5, 0.6) is 0 Å². The molecule has 0 bridgehead atoms. The number of nitrogens with zero attached hydrogens (tertiary/aromatic N) is 3. The van der Waals surface area contributed by atoms with E-state index in [1.807, 2.05) is 29.9 Å². The van der Waals surface area contributed by atoms with Crippen LogP contribution in [-0.2, 0) is 6.54 Å². The maximum absolute atomic E-state index is 8.98. The van der Waals surface area contributed by atoms with Crippen molar-refractivity contribution in [3.05, 3.63) is 72.6 Å². The summed E-state index contributed by atoms with van der Waals surface area (Å²) in [5, 5.41) is 14.8. The summed E-state index contributed by atoms with van der Waals surface area (Å²) in [5.41, 5.74) is 6.41. The summed E-state index contributed by atoms with van der Waals surface area (Å²) >= 11 is 0. The van der Waals surface area contributed by atoms with Crippen LogP contribution in [0.4, 0.5) is 0 Å². The Morgan fingerprint density at radius 1 is 0.962 bits per heavy atom. The van der Waals surface area contributed by atoms with E-state index in [1.54, 1.807) is 0 Å². The first-order chi connectivity index (χ1) is 12.7. The summed E-state index contributed by atoms with van der Waals surface area (Å²) in [5.74, 6) is 0. The number of aromatic nitrogens is 3. The smallest absolute Gasteiger partial charge is 0.0923 e. The van der Waals surface area contributed by atoms with Gasteiger partial charge in [0.15, 0.2) is 0 Å². The predicted molar refractivity (Wildman–Crippen MR) is 105 cm³/mol. The highest BCUT2D eigenvalue weighted by Gasteiger charge is 2.09. The van der Waals surface area contributed by atoms with Crippen molar-refractivity contribution in [1.82, 2.24) is 14.8 Å². The van der Waals surface area contributed by atoms with Gasteiger partial charge in [0.1, 0.15) is 0 Å². The fourth-order valence-electron chi connectivity index (χ4n) is 3.27. The number of hydrogen-bond donors (Lipinski definition) is 1. The topological polar surface area (TPSA) is 50.9 Å². The Bertz CT molecular complexity index is 1050. The van der Waals surface area contributed by atoms with Crippen LogP contribution in [0.1, 0.15) is 12.1 Å². The van der Waals surface area contributed by atoms with E-state index >= 15 is 0 Å². The predicted octanol–water partition coefficient (Wildman–Crippen LogP) is 4.46. The molecule has 0 saturated heterocycles. The molecule has 130 valence electrons. The van der Waals surface area contributed by atoms with Gasteiger partial charge in [0.25, 0.3) is 0 Å². The molecule has 0 radical (unpaired) electrons. The molecule has 0 fully saturated rings. The highest BCUT2D eigenvalue weighted by atomic mass is 16.3. The Labute approximate surface area is 152 Å². The lowest BCUT2D eigenvalue weighted by molar-refractivity contribution is 0.277. The first-order valence-corrected chi connectivity index (χ1v) is 8.86. The van der Waals surface area contributed by atoms with Crippen LogP contribution in [0, 0.1) is 6.92 Å². The first-order valence-electron chi connectivity index (χ1n) is 8.86. The molecule has 4 heteroatoms. The van der Waals surface area contributed by atoms with Gasteiger partial charge in [-0.2, -0.15) is 5.10 Å². The Morgan fingerprint density at radius 2 is 1.81 bits per heavy atom. The SMILES string of the molecule is Cc1cc(-c2cccc(-c3ccn(CCCO)n3)c2)c2ccccc2n1. The number of hydrogen-bond acceptors (Lipinski definition) is 3. The highest BCUT2D eigenvalue weighted by Crippen LogP contribution is 2.31. The molecule has 0 aliphatic carbocycles. The van der Waals surface area contributed by atoms with E-state index in [0.29, 0.717) is 6.42 Å². The lowest BCUT2D eigenvalue weighted by atomic mass is 9.98.